The van der Waals surface area contributed by atoms with Crippen molar-refractivity contribution in [1.29, 1.82) is 0 Å². The molecule has 0 heterocycles. The van der Waals surface area contributed by atoms with Crippen molar-refractivity contribution in [2.75, 3.05) is 0 Å². The summed E-state index contributed by atoms with van der Waals surface area (Å²) in [5.41, 5.74) is 0.148. The molecule has 0 amide bonds. The zero-order valence-corrected chi connectivity index (χ0v) is 9.21. The Morgan fingerprint density at radius 3 is 2.57 bits per heavy atom. The van der Waals surface area contributed by atoms with Crippen LogP contribution in [0.3, 0.4) is 0 Å². The van der Waals surface area contributed by atoms with E-state index in [-0.39, 0.29) is 26.7 Å². The number of halogens is 4. The Morgan fingerprint density at radius 2 is 2.07 bits per heavy atom. The molecule has 0 bridgehead atoms. The fourth-order valence-electron chi connectivity index (χ4n) is 0.929. The molecule has 6 heteroatoms. The van der Waals surface area contributed by atoms with Crippen LogP contribution in [0.25, 0.3) is 0 Å². The highest BCUT2D eigenvalue weighted by Gasteiger charge is 2.14. The molecule has 0 radical (unpaired) electrons. The van der Waals surface area contributed by atoms with Gasteiger partial charge < -0.3 is 5.11 Å². The van der Waals surface area contributed by atoms with Crippen LogP contribution < -0.4 is 0 Å². The smallest absolute Gasteiger partial charge is 0.288 e. The maximum Gasteiger partial charge on any atom is 0.288 e. The van der Waals surface area contributed by atoms with Crippen LogP contribution in [-0.4, -0.2) is 10.9 Å². The van der Waals surface area contributed by atoms with E-state index in [1.165, 1.54) is 6.07 Å². The molecule has 0 aromatic heterocycles. The summed E-state index contributed by atoms with van der Waals surface area (Å²) in [6, 6.07) is 2.30. The summed E-state index contributed by atoms with van der Waals surface area (Å²) in [7, 11) is 0. The number of hydrogen-bond donors (Lipinski definition) is 1. The van der Waals surface area contributed by atoms with Crippen molar-refractivity contribution in [3.63, 3.8) is 0 Å². The Bertz CT molecular complexity index is 333. The van der Waals surface area contributed by atoms with E-state index in [1.807, 2.05) is 0 Å². The third kappa shape index (κ3) is 2.65. The minimum absolute atomic E-state index is 0.0330. The number of rotatable bonds is 3. The van der Waals surface area contributed by atoms with E-state index in [2.05, 4.69) is 15.9 Å². The van der Waals surface area contributed by atoms with Crippen LogP contribution >= 0.6 is 27.7 Å². The van der Waals surface area contributed by atoms with Gasteiger partial charge in [-0.3, -0.25) is 0 Å². The second-order valence-corrected chi connectivity index (χ2v) is 4.20. The molecule has 1 aromatic rings. The summed E-state index contributed by atoms with van der Waals surface area (Å²) in [6.07, 6.45) is 0. The molecule has 1 nitrogen and oxygen atoms in total. The maximum atomic E-state index is 12.9. The van der Waals surface area contributed by atoms with Gasteiger partial charge in [0, 0.05) is 10.5 Å². The molecule has 1 N–H and O–H groups in total. The van der Waals surface area contributed by atoms with Gasteiger partial charge in [0.25, 0.3) is 5.76 Å². The molecule has 0 saturated heterocycles. The zero-order chi connectivity index (χ0) is 10.7. The quantitative estimate of drug-likeness (QED) is 0.860. The highest BCUT2D eigenvalue weighted by Crippen LogP contribution is 2.33. The fourth-order valence-corrected chi connectivity index (χ4v) is 2.18. The number of alkyl halides is 2. The van der Waals surface area contributed by atoms with Gasteiger partial charge >= 0.3 is 0 Å². The first-order chi connectivity index (χ1) is 6.56. The van der Waals surface area contributed by atoms with Crippen molar-refractivity contribution in [2.45, 2.75) is 17.3 Å². The van der Waals surface area contributed by atoms with Crippen LogP contribution in [-0.2, 0) is 6.61 Å². The molecular formula is C8H6BrF3OS. The van der Waals surface area contributed by atoms with Gasteiger partial charge in [-0.05, 0) is 28.1 Å². The summed E-state index contributed by atoms with van der Waals surface area (Å²) >= 11 is 3.17. The molecule has 0 fully saturated rings. The van der Waals surface area contributed by atoms with E-state index in [1.54, 1.807) is 0 Å². The number of thioether (sulfide) groups is 1. The average Bonchev–Trinajstić information content (AvgIpc) is 2.11. The van der Waals surface area contributed by atoms with Crippen LogP contribution in [0, 0.1) is 5.82 Å². The largest absolute Gasteiger partial charge is 0.392 e. The van der Waals surface area contributed by atoms with Gasteiger partial charge in [0.2, 0.25) is 0 Å². The van der Waals surface area contributed by atoms with Crippen molar-refractivity contribution in [3.8, 4) is 0 Å². The molecule has 1 rings (SSSR count). The molecule has 1 aromatic carbocycles. The number of benzene rings is 1. The standard InChI is InChI=1S/C8H6BrF3OS/c9-7-4(3-13)6(14-8(11)12)2-1-5(7)10/h1-2,8,13H,3H2. The lowest BCUT2D eigenvalue weighted by Gasteiger charge is -2.08. The topological polar surface area (TPSA) is 20.2 Å². The van der Waals surface area contributed by atoms with Crippen molar-refractivity contribution in [3.05, 3.63) is 28.0 Å². The van der Waals surface area contributed by atoms with Crippen molar-refractivity contribution < 1.29 is 18.3 Å². The molecule has 0 atom stereocenters. The van der Waals surface area contributed by atoms with Gasteiger partial charge in [0.05, 0.1) is 11.1 Å². The molecule has 14 heavy (non-hydrogen) atoms. The van der Waals surface area contributed by atoms with E-state index in [4.69, 9.17) is 5.11 Å². The van der Waals surface area contributed by atoms with Crippen LogP contribution in [0.5, 0.6) is 0 Å². The lowest BCUT2D eigenvalue weighted by molar-refractivity contribution is 0.251. The molecule has 0 unspecified atom stereocenters. The third-order valence-corrected chi connectivity index (χ3v) is 3.20. The first-order valence-electron chi connectivity index (χ1n) is 3.58. The molecule has 0 saturated carbocycles. The highest BCUT2D eigenvalue weighted by molar-refractivity contribution is 9.10. The Balaban J connectivity index is 3.10. The monoisotopic (exact) mass is 286 g/mol. The van der Waals surface area contributed by atoms with Gasteiger partial charge in [-0.2, -0.15) is 8.78 Å². The van der Waals surface area contributed by atoms with Crippen LogP contribution in [0.2, 0.25) is 0 Å². The lowest BCUT2D eigenvalue weighted by atomic mass is 10.2. The van der Waals surface area contributed by atoms with Gasteiger partial charge in [-0.1, -0.05) is 11.8 Å². The first-order valence-corrected chi connectivity index (χ1v) is 5.26. The summed E-state index contributed by atoms with van der Waals surface area (Å²) in [5.74, 6) is -3.16. The van der Waals surface area contributed by atoms with Gasteiger partial charge in [0.15, 0.2) is 0 Å². The second kappa shape index (κ2) is 5.04. The lowest BCUT2D eigenvalue weighted by Crippen LogP contribution is -1.94. The average molecular weight is 287 g/mol. The molecule has 0 spiro atoms. The van der Waals surface area contributed by atoms with Crippen molar-refractivity contribution >= 4 is 27.7 Å². The Kier molecular flexibility index (Phi) is 4.28. The number of aliphatic hydroxyl groups is 1. The van der Waals surface area contributed by atoms with Gasteiger partial charge in [-0.25, -0.2) is 4.39 Å². The SMILES string of the molecule is OCc1c(SC(F)F)ccc(F)c1Br. The predicted octanol–water partition coefficient (Wildman–Crippen LogP) is 3.40. The summed E-state index contributed by atoms with van der Waals surface area (Å²) < 4.78 is 37.0. The Morgan fingerprint density at radius 1 is 1.43 bits per heavy atom. The van der Waals surface area contributed by atoms with Crippen LogP contribution in [0.4, 0.5) is 13.2 Å². The van der Waals surface area contributed by atoms with Gasteiger partial charge in [0.1, 0.15) is 5.82 Å². The van der Waals surface area contributed by atoms with E-state index in [0.29, 0.717) is 0 Å². The predicted molar refractivity (Wildman–Crippen MR) is 51.9 cm³/mol. The maximum absolute atomic E-state index is 12.9. The van der Waals surface area contributed by atoms with Crippen LogP contribution in [0.1, 0.15) is 5.56 Å². The molecule has 0 aliphatic rings. The summed E-state index contributed by atoms with van der Waals surface area (Å²) in [6.45, 7) is -0.479. The molecule has 0 aliphatic heterocycles. The minimum atomic E-state index is -2.59. The number of aliphatic hydroxyl groups excluding tert-OH is 1. The van der Waals surface area contributed by atoms with Crippen LogP contribution in [0.15, 0.2) is 21.5 Å². The normalized spacial score (nSPS) is 11.0. The summed E-state index contributed by atoms with van der Waals surface area (Å²) in [4.78, 5) is 0.177. The van der Waals surface area contributed by atoms with E-state index < -0.39 is 18.2 Å². The van der Waals surface area contributed by atoms with E-state index in [9.17, 15) is 13.2 Å². The molecule has 78 valence electrons. The number of hydrogen-bond acceptors (Lipinski definition) is 2. The second-order valence-electron chi connectivity index (χ2n) is 2.37. The molecule has 0 aliphatic carbocycles. The van der Waals surface area contributed by atoms with Gasteiger partial charge in [-0.15, -0.1) is 0 Å². The Labute approximate surface area is 91.4 Å². The Hall–Kier alpha value is -0.200. The van der Waals surface area contributed by atoms with E-state index in [0.717, 1.165) is 6.07 Å². The summed E-state index contributed by atoms with van der Waals surface area (Å²) in [5, 5.41) is 8.88. The zero-order valence-electron chi connectivity index (χ0n) is 6.81. The minimum Gasteiger partial charge on any atom is -0.392 e. The van der Waals surface area contributed by atoms with E-state index >= 15 is 0 Å². The first kappa shape index (κ1) is 11.9. The third-order valence-electron chi connectivity index (χ3n) is 1.53. The molecular weight excluding hydrogens is 281 g/mol. The van der Waals surface area contributed by atoms with Crippen molar-refractivity contribution in [2.24, 2.45) is 0 Å². The van der Waals surface area contributed by atoms with Crippen molar-refractivity contribution in [1.82, 2.24) is 0 Å². The highest BCUT2D eigenvalue weighted by atomic mass is 79.9. The fraction of sp³-hybridized carbons (Fsp3) is 0.250.